The first-order chi connectivity index (χ1) is 30.7. The van der Waals surface area contributed by atoms with E-state index in [1.807, 2.05) is 53.8 Å². The van der Waals surface area contributed by atoms with Crippen LogP contribution in [0.5, 0.6) is 0 Å². The van der Waals surface area contributed by atoms with Gasteiger partial charge in [0.15, 0.2) is 17.5 Å². The van der Waals surface area contributed by atoms with Gasteiger partial charge >= 0.3 is 0 Å². The van der Waals surface area contributed by atoms with Crippen molar-refractivity contribution in [3.8, 4) is 34.2 Å². The van der Waals surface area contributed by atoms with E-state index in [1.165, 1.54) is 96.9 Å². The molecule has 4 aromatic heterocycles. The van der Waals surface area contributed by atoms with Crippen molar-refractivity contribution in [3.63, 3.8) is 0 Å². The topological polar surface area (TPSA) is 48.5 Å². The minimum atomic E-state index is 0.0640. The lowest BCUT2D eigenvalue weighted by Crippen LogP contribution is -2.27. The second-order valence-corrected chi connectivity index (χ2v) is 18.4. The molecule has 290 valence electrons. The lowest BCUT2D eigenvalue weighted by molar-refractivity contribution is 0.639. The van der Waals surface area contributed by atoms with E-state index in [0.717, 1.165) is 28.8 Å². The van der Waals surface area contributed by atoms with Crippen molar-refractivity contribution >= 4 is 157 Å². The summed E-state index contributed by atoms with van der Waals surface area (Å²) >= 11 is 1.91. The van der Waals surface area contributed by atoms with Crippen LogP contribution in [0.15, 0.2) is 139 Å². The Balaban J connectivity index is 1.13. The lowest BCUT2D eigenvalue weighted by Gasteiger charge is -2.25. The molecule has 0 fully saturated rings. The van der Waals surface area contributed by atoms with Crippen molar-refractivity contribution in [2.24, 2.45) is 0 Å². The zero-order valence-electron chi connectivity index (χ0n) is 36.1. The van der Waals surface area contributed by atoms with Gasteiger partial charge in [0.05, 0.1) is 22.8 Å². The maximum Gasteiger partial charge on any atom is 0.164 e. The molecule has 0 saturated carbocycles. The molecule has 0 amide bonds. The highest BCUT2D eigenvalue weighted by molar-refractivity contribution is 7.19. The van der Waals surface area contributed by atoms with Crippen LogP contribution in [-0.2, 0) is 0 Å². The average Bonchev–Trinajstić information content (AvgIpc) is 3.97. The molecule has 0 radical (unpaired) electrons. The van der Waals surface area contributed by atoms with Gasteiger partial charge in [-0.1, -0.05) is 153 Å². The molecule has 0 bridgehead atoms. The zero-order chi connectivity index (χ0) is 42.7. The van der Waals surface area contributed by atoms with Crippen LogP contribution in [0.1, 0.15) is 22.9 Å². The molecule has 12 rings (SSSR count). The first kappa shape index (κ1) is 37.8. The number of fused-ring (bicyclic) bond motifs is 10. The molecule has 1 unspecified atom stereocenters. The summed E-state index contributed by atoms with van der Waals surface area (Å²) in [7, 11) is 13.7. The summed E-state index contributed by atoms with van der Waals surface area (Å²) in [5, 5.41) is 6.53. The fourth-order valence-electron chi connectivity index (χ4n) is 10.5. The van der Waals surface area contributed by atoms with E-state index in [-0.39, 0.29) is 6.04 Å². The molecule has 5 nitrogen and oxygen atoms in total. The van der Waals surface area contributed by atoms with Crippen molar-refractivity contribution in [2.75, 3.05) is 0 Å². The van der Waals surface area contributed by atoms with Gasteiger partial charge in [0, 0.05) is 70.3 Å². The standard InChI is InChI=1S/C51H37B6N5S/c52-29-22-34-40-42(56)43(57)41-35-23-30(53)25-37(55)45(35)62(47(41)46(40)61(44(34)36(54)24-29)31-15-8-3-9-16-31)38-18-10-17-33-32-20-19-28(21-39(32)63-48(33)38)51-59-49(26-11-4-1-5-12-26)58-50(60-51)27-13-6-2-7-14-27/h1-2,4-8,10-17,19-25,38H,18,52-57H2. The van der Waals surface area contributed by atoms with Gasteiger partial charge < -0.3 is 9.13 Å². The average molecular weight is 817 g/mol. The number of hydrogen-bond acceptors (Lipinski definition) is 4. The fraction of sp³-hybridized carbons (Fsp3) is 0.0392. The molecule has 4 heterocycles. The highest BCUT2D eigenvalue weighted by Crippen LogP contribution is 2.47. The monoisotopic (exact) mass is 817 g/mol. The molecule has 1 atom stereocenters. The van der Waals surface area contributed by atoms with E-state index in [1.54, 1.807) is 0 Å². The predicted octanol–water partition coefficient (Wildman–Crippen LogP) is 2.58. The summed E-state index contributed by atoms with van der Waals surface area (Å²) in [6.45, 7) is 0. The van der Waals surface area contributed by atoms with Gasteiger partial charge in [-0.3, -0.25) is 0 Å². The molecule has 12 heteroatoms. The van der Waals surface area contributed by atoms with Crippen LogP contribution in [0.2, 0.25) is 0 Å². The molecular weight excluding hydrogens is 780 g/mol. The Bertz CT molecular complexity index is 3750. The van der Waals surface area contributed by atoms with Crippen molar-refractivity contribution in [2.45, 2.75) is 12.5 Å². The van der Waals surface area contributed by atoms with E-state index >= 15 is 0 Å². The van der Waals surface area contributed by atoms with E-state index in [4.69, 9.17) is 15.0 Å². The van der Waals surface area contributed by atoms with Crippen LogP contribution in [-0.4, -0.2) is 71.2 Å². The third-order valence-corrected chi connectivity index (χ3v) is 14.5. The minimum Gasteiger partial charge on any atom is -0.330 e. The van der Waals surface area contributed by atoms with E-state index in [9.17, 15) is 0 Å². The van der Waals surface area contributed by atoms with E-state index in [2.05, 4.69) is 159 Å². The van der Waals surface area contributed by atoms with Gasteiger partial charge in [0.25, 0.3) is 0 Å². The van der Waals surface area contributed by atoms with Crippen LogP contribution < -0.4 is 32.8 Å². The molecule has 6 aromatic carbocycles. The highest BCUT2D eigenvalue weighted by atomic mass is 32.1. The third-order valence-electron chi connectivity index (χ3n) is 13.2. The Morgan fingerprint density at radius 2 is 1.19 bits per heavy atom. The first-order valence-electron chi connectivity index (χ1n) is 21.7. The molecular formula is C51H37B6N5S. The van der Waals surface area contributed by atoms with Gasteiger partial charge in [0.1, 0.15) is 47.1 Å². The van der Waals surface area contributed by atoms with Gasteiger partial charge in [-0.05, 0) is 30.2 Å². The summed E-state index contributed by atoms with van der Waals surface area (Å²) < 4.78 is 6.47. The summed E-state index contributed by atoms with van der Waals surface area (Å²) in [5.41, 5.74) is 24.6. The van der Waals surface area contributed by atoms with Crippen molar-refractivity contribution in [1.82, 2.24) is 24.1 Å². The van der Waals surface area contributed by atoms with Gasteiger partial charge in [-0.15, -0.1) is 11.3 Å². The first-order valence-corrected chi connectivity index (χ1v) is 22.5. The Morgan fingerprint density at radius 3 is 1.83 bits per heavy atom. The quantitative estimate of drug-likeness (QED) is 0.199. The highest BCUT2D eigenvalue weighted by Gasteiger charge is 2.31. The second-order valence-electron chi connectivity index (χ2n) is 17.3. The largest absolute Gasteiger partial charge is 0.330 e. The van der Waals surface area contributed by atoms with Crippen LogP contribution in [0.3, 0.4) is 0 Å². The number of benzene rings is 6. The number of nitrogens with zero attached hydrogens (tertiary/aromatic N) is 5. The predicted molar refractivity (Wildman–Crippen MR) is 285 cm³/mol. The van der Waals surface area contributed by atoms with Crippen LogP contribution in [0.25, 0.3) is 99.6 Å². The smallest absolute Gasteiger partial charge is 0.164 e. The SMILES string of the molecule is Bc1cc(B)c2c(c1)c1c(B)c(B)c3c4cc(B)cc(B)c4n(C4CC=Cc5c4sc4cc(-c6nc(-c7ccccc7)nc(-c7ccccc7)n6)ccc54)c3c1n2C1=CC=C=C=C1. The molecule has 0 saturated heterocycles. The Kier molecular flexibility index (Phi) is 8.58. The second kappa shape index (κ2) is 14.3. The third kappa shape index (κ3) is 5.76. The maximum atomic E-state index is 5.09. The minimum absolute atomic E-state index is 0.0640. The number of aromatic nitrogens is 5. The molecule has 63 heavy (non-hydrogen) atoms. The number of thiophene rings is 1. The Morgan fingerprint density at radius 1 is 0.587 bits per heavy atom. The van der Waals surface area contributed by atoms with Crippen LogP contribution in [0, 0.1) is 0 Å². The number of allylic oxidation sites excluding steroid dienone is 5. The molecule has 0 aliphatic heterocycles. The van der Waals surface area contributed by atoms with Crippen LogP contribution in [0.4, 0.5) is 0 Å². The summed E-state index contributed by atoms with van der Waals surface area (Å²) in [6.07, 6.45) is 11.9. The normalized spacial score (nSPS) is 14.5. The van der Waals surface area contributed by atoms with Gasteiger partial charge in [-0.25, -0.2) is 15.0 Å². The fourth-order valence-corrected chi connectivity index (χ4v) is 11.9. The van der Waals surface area contributed by atoms with E-state index < -0.39 is 0 Å². The number of hydrogen-bond donors (Lipinski definition) is 0. The molecule has 10 aromatic rings. The summed E-state index contributed by atoms with van der Waals surface area (Å²) in [4.78, 5) is 16.5. The summed E-state index contributed by atoms with van der Waals surface area (Å²) in [5.74, 6) is 1.99. The molecule has 2 aliphatic rings. The van der Waals surface area contributed by atoms with Gasteiger partial charge in [0.2, 0.25) is 0 Å². The Labute approximate surface area is 374 Å². The summed E-state index contributed by atoms with van der Waals surface area (Å²) in [6, 6.07) is 36.7. The molecule has 2 aliphatic carbocycles. The molecule has 0 N–H and O–H groups in total. The molecule has 0 spiro atoms. The van der Waals surface area contributed by atoms with Gasteiger partial charge in [-0.2, -0.15) is 0 Å². The van der Waals surface area contributed by atoms with Crippen LogP contribution >= 0.6 is 11.3 Å². The van der Waals surface area contributed by atoms with Crippen molar-refractivity contribution in [3.05, 3.63) is 149 Å². The Hall–Kier alpha value is -6.94. The maximum absolute atomic E-state index is 5.09. The van der Waals surface area contributed by atoms with Crippen molar-refractivity contribution in [1.29, 1.82) is 0 Å². The number of rotatable bonds is 5. The van der Waals surface area contributed by atoms with E-state index in [0.29, 0.717) is 17.5 Å². The zero-order valence-corrected chi connectivity index (χ0v) is 36.9. The van der Waals surface area contributed by atoms with Crippen molar-refractivity contribution < 1.29 is 0 Å². The lowest BCUT2D eigenvalue weighted by atomic mass is 9.74.